The van der Waals surface area contributed by atoms with Crippen LogP contribution in [0.1, 0.15) is 16.7 Å². The third-order valence-electron chi connectivity index (χ3n) is 3.34. The molecule has 0 saturated heterocycles. The highest BCUT2D eigenvalue weighted by molar-refractivity contribution is 9.10. The topological polar surface area (TPSA) is 24.7 Å². The Labute approximate surface area is 133 Å². The number of hydrogen-bond donors (Lipinski definition) is 0. The SMILES string of the molecule is FC(F)(F)C1(c2cc(Br)ccc2/C=C/c2ccccc2)N=N1. The van der Waals surface area contributed by atoms with E-state index in [0.717, 1.165) is 5.56 Å². The standard InChI is InChI=1S/C16H10BrF3N2/c17-13-9-8-12(7-6-11-4-2-1-3-5-11)14(10-13)15(21-22-15)16(18,19)20/h1-10H/b7-6+. The van der Waals surface area contributed by atoms with Gasteiger partial charge in [-0.25, -0.2) is 0 Å². The third-order valence-corrected chi connectivity index (χ3v) is 3.83. The number of rotatable bonds is 3. The molecule has 0 unspecified atom stereocenters. The quantitative estimate of drug-likeness (QED) is 0.613. The van der Waals surface area contributed by atoms with Gasteiger partial charge in [0.15, 0.2) is 0 Å². The number of nitrogens with zero attached hydrogens (tertiary/aromatic N) is 2. The molecule has 2 nitrogen and oxygen atoms in total. The lowest BCUT2D eigenvalue weighted by Gasteiger charge is -2.17. The van der Waals surface area contributed by atoms with Gasteiger partial charge in [-0.15, -0.1) is 10.2 Å². The molecule has 2 aromatic rings. The largest absolute Gasteiger partial charge is 0.442 e. The lowest BCUT2D eigenvalue weighted by Crippen LogP contribution is -2.30. The first-order chi connectivity index (χ1) is 10.4. The second-order valence-electron chi connectivity index (χ2n) is 4.85. The van der Waals surface area contributed by atoms with Gasteiger partial charge in [0.2, 0.25) is 0 Å². The van der Waals surface area contributed by atoms with Gasteiger partial charge in [0.05, 0.1) is 0 Å². The summed E-state index contributed by atoms with van der Waals surface area (Å²) >= 11 is 3.20. The second kappa shape index (κ2) is 5.35. The molecule has 0 amide bonds. The van der Waals surface area contributed by atoms with Crippen molar-refractivity contribution in [2.24, 2.45) is 10.2 Å². The van der Waals surface area contributed by atoms with Crippen LogP contribution in [-0.4, -0.2) is 6.18 Å². The monoisotopic (exact) mass is 366 g/mol. The molecular weight excluding hydrogens is 357 g/mol. The van der Waals surface area contributed by atoms with Crippen LogP contribution in [0, 0.1) is 0 Å². The zero-order chi connectivity index (χ0) is 15.8. The van der Waals surface area contributed by atoms with Crippen molar-refractivity contribution in [1.82, 2.24) is 0 Å². The molecule has 0 aliphatic carbocycles. The first-order valence-corrected chi connectivity index (χ1v) is 7.26. The second-order valence-corrected chi connectivity index (χ2v) is 5.76. The summed E-state index contributed by atoms with van der Waals surface area (Å²) in [5.74, 6) is 0. The fraction of sp³-hybridized carbons (Fsp3) is 0.125. The molecule has 0 fully saturated rings. The molecule has 0 bridgehead atoms. The highest BCUT2D eigenvalue weighted by atomic mass is 79.9. The minimum absolute atomic E-state index is 0.0292. The van der Waals surface area contributed by atoms with E-state index in [1.807, 2.05) is 30.3 Å². The highest BCUT2D eigenvalue weighted by Crippen LogP contribution is 2.53. The Morgan fingerprint density at radius 2 is 1.64 bits per heavy atom. The molecule has 22 heavy (non-hydrogen) atoms. The van der Waals surface area contributed by atoms with Crippen molar-refractivity contribution < 1.29 is 13.2 Å². The third kappa shape index (κ3) is 2.70. The molecular formula is C16H10BrF3N2. The Bertz CT molecular complexity index is 746. The first kappa shape index (κ1) is 15.0. The van der Waals surface area contributed by atoms with Crippen LogP contribution in [0.15, 0.2) is 63.2 Å². The van der Waals surface area contributed by atoms with Gasteiger partial charge < -0.3 is 0 Å². The maximum atomic E-state index is 13.2. The zero-order valence-electron chi connectivity index (χ0n) is 11.2. The molecule has 3 rings (SSSR count). The van der Waals surface area contributed by atoms with Crippen molar-refractivity contribution in [1.29, 1.82) is 0 Å². The van der Waals surface area contributed by atoms with E-state index in [2.05, 4.69) is 26.2 Å². The first-order valence-electron chi connectivity index (χ1n) is 6.46. The summed E-state index contributed by atoms with van der Waals surface area (Å²) in [4.78, 5) is 0. The summed E-state index contributed by atoms with van der Waals surface area (Å²) in [5.41, 5.74) is -1.05. The maximum absolute atomic E-state index is 13.2. The molecule has 1 heterocycles. The number of halogens is 4. The van der Waals surface area contributed by atoms with E-state index < -0.39 is 11.8 Å². The molecule has 0 aromatic heterocycles. The molecule has 1 aliphatic rings. The van der Waals surface area contributed by atoms with Gasteiger partial charge >= 0.3 is 11.8 Å². The molecule has 0 saturated carbocycles. The summed E-state index contributed by atoms with van der Waals surface area (Å²) in [6, 6.07) is 14.1. The molecule has 0 radical (unpaired) electrons. The Morgan fingerprint density at radius 1 is 0.955 bits per heavy atom. The van der Waals surface area contributed by atoms with Crippen LogP contribution >= 0.6 is 15.9 Å². The van der Waals surface area contributed by atoms with Crippen LogP contribution in [0.25, 0.3) is 12.2 Å². The van der Waals surface area contributed by atoms with E-state index in [9.17, 15) is 13.2 Å². The average Bonchev–Trinajstić information content (AvgIpc) is 3.28. The predicted octanol–water partition coefficient (Wildman–Crippen LogP) is 5.80. The predicted molar refractivity (Wildman–Crippen MR) is 82.1 cm³/mol. The summed E-state index contributed by atoms with van der Waals surface area (Å²) in [5, 5.41) is 6.55. The number of benzene rings is 2. The molecule has 1 aliphatic heterocycles. The van der Waals surface area contributed by atoms with Gasteiger partial charge in [-0.3, -0.25) is 0 Å². The molecule has 6 heteroatoms. The van der Waals surface area contributed by atoms with Crippen LogP contribution in [0.5, 0.6) is 0 Å². The van der Waals surface area contributed by atoms with Gasteiger partial charge in [-0.05, 0) is 23.3 Å². The van der Waals surface area contributed by atoms with Crippen molar-refractivity contribution >= 4 is 28.1 Å². The Kier molecular flexibility index (Phi) is 3.64. The zero-order valence-corrected chi connectivity index (χ0v) is 12.8. The molecule has 0 atom stereocenters. The van der Waals surface area contributed by atoms with Crippen LogP contribution in [0.4, 0.5) is 13.2 Å². The number of hydrogen-bond acceptors (Lipinski definition) is 2. The fourth-order valence-electron chi connectivity index (χ4n) is 2.15. The van der Waals surface area contributed by atoms with Gasteiger partial charge in [-0.1, -0.05) is 64.5 Å². The van der Waals surface area contributed by atoms with Gasteiger partial charge in [-0.2, -0.15) is 13.2 Å². The van der Waals surface area contributed by atoms with E-state index in [-0.39, 0.29) is 5.56 Å². The Hall–Kier alpha value is -1.95. The highest BCUT2D eigenvalue weighted by Gasteiger charge is 2.65. The molecule has 2 aromatic carbocycles. The van der Waals surface area contributed by atoms with E-state index in [1.54, 1.807) is 24.3 Å². The lowest BCUT2D eigenvalue weighted by atomic mass is 9.96. The smallest absolute Gasteiger partial charge is 0.166 e. The fourth-order valence-corrected chi connectivity index (χ4v) is 2.51. The Balaban J connectivity index is 2.01. The van der Waals surface area contributed by atoms with Crippen molar-refractivity contribution in [3.05, 3.63) is 69.7 Å². The minimum atomic E-state index is -4.54. The maximum Gasteiger partial charge on any atom is 0.442 e. The molecule has 112 valence electrons. The summed E-state index contributed by atoms with van der Waals surface area (Å²) in [6.07, 6.45) is -1.13. The van der Waals surface area contributed by atoms with Crippen LogP contribution in [-0.2, 0) is 5.66 Å². The van der Waals surface area contributed by atoms with Crippen LogP contribution in [0.2, 0.25) is 0 Å². The average molecular weight is 367 g/mol. The molecule has 0 N–H and O–H groups in total. The van der Waals surface area contributed by atoms with Gasteiger partial charge in [0.25, 0.3) is 0 Å². The van der Waals surface area contributed by atoms with Crippen molar-refractivity contribution in [3.8, 4) is 0 Å². The molecule has 0 spiro atoms. The van der Waals surface area contributed by atoms with E-state index in [0.29, 0.717) is 10.0 Å². The van der Waals surface area contributed by atoms with Gasteiger partial charge in [0, 0.05) is 10.0 Å². The normalized spacial score (nSPS) is 16.2. The van der Waals surface area contributed by atoms with E-state index >= 15 is 0 Å². The van der Waals surface area contributed by atoms with Gasteiger partial charge in [0.1, 0.15) is 0 Å². The summed E-state index contributed by atoms with van der Waals surface area (Å²) in [7, 11) is 0. The van der Waals surface area contributed by atoms with Crippen LogP contribution < -0.4 is 0 Å². The van der Waals surface area contributed by atoms with Crippen molar-refractivity contribution in [2.75, 3.05) is 0 Å². The minimum Gasteiger partial charge on any atom is -0.166 e. The summed E-state index contributed by atoms with van der Waals surface area (Å²) in [6.45, 7) is 0. The van der Waals surface area contributed by atoms with E-state index in [4.69, 9.17) is 0 Å². The van der Waals surface area contributed by atoms with Crippen molar-refractivity contribution in [2.45, 2.75) is 11.8 Å². The van der Waals surface area contributed by atoms with Crippen molar-refractivity contribution in [3.63, 3.8) is 0 Å². The summed E-state index contributed by atoms with van der Waals surface area (Å²) < 4.78 is 40.2. The number of alkyl halides is 3. The Morgan fingerprint density at radius 3 is 2.23 bits per heavy atom. The van der Waals surface area contributed by atoms with E-state index in [1.165, 1.54) is 6.07 Å². The lowest BCUT2D eigenvalue weighted by molar-refractivity contribution is -0.166. The van der Waals surface area contributed by atoms with Crippen LogP contribution in [0.3, 0.4) is 0 Å².